The number of benzene rings is 1. The Morgan fingerprint density at radius 2 is 2.04 bits per heavy atom. The third kappa shape index (κ3) is 4.43. The van der Waals surface area contributed by atoms with Gasteiger partial charge in [-0.25, -0.2) is 17.8 Å². The second-order valence-corrected chi connectivity index (χ2v) is 7.70. The van der Waals surface area contributed by atoms with Gasteiger partial charge in [0.1, 0.15) is 5.69 Å². The van der Waals surface area contributed by atoms with Crippen LogP contribution in [0.15, 0.2) is 41.8 Å². The lowest BCUT2D eigenvalue weighted by Crippen LogP contribution is -2.23. The summed E-state index contributed by atoms with van der Waals surface area (Å²) in [6, 6.07) is 9.83. The number of hydrogen-bond donors (Lipinski definition) is 3. The van der Waals surface area contributed by atoms with E-state index in [1.807, 2.05) is 41.1 Å². The first-order valence-corrected chi connectivity index (χ1v) is 9.90. The molecule has 0 saturated heterocycles. The average Bonchev–Trinajstić information content (AvgIpc) is 3.30. The summed E-state index contributed by atoms with van der Waals surface area (Å²) in [4.78, 5) is 15.9. The number of alkyl halides is 1. The van der Waals surface area contributed by atoms with Crippen molar-refractivity contribution in [2.45, 2.75) is 6.54 Å². The van der Waals surface area contributed by atoms with Crippen LogP contribution in [0.1, 0.15) is 16.2 Å². The molecule has 136 valence electrons. The molecule has 2 aromatic heterocycles. The molecule has 1 amide bonds. The van der Waals surface area contributed by atoms with E-state index in [2.05, 4.69) is 20.5 Å². The molecule has 0 atom stereocenters. The molecule has 0 unspecified atom stereocenters. The highest BCUT2D eigenvalue weighted by atomic mass is 32.2. The average molecular weight is 395 g/mol. The first kappa shape index (κ1) is 18.0. The zero-order valence-electron chi connectivity index (χ0n) is 13.3. The molecular weight excluding hydrogens is 381 g/mol. The van der Waals surface area contributed by atoms with E-state index in [1.165, 1.54) is 5.38 Å². The van der Waals surface area contributed by atoms with E-state index in [1.54, 1.807) is 0 Å². The van der Waals surface area contributed by atoms with Gasteiger partial charge in [-0.15, -0.1) is 11.3 Å². The van der Waals surface area contributed by atoms with E-state index in [9.17, 15) is 17.6 Å². The quantitative estimate of drug-likeness (QED) is 0.567. The van der Waals surface area contributed by atoms with Gasteiger partial charge in [0, 0.05) is 10.9 Å². The predicted molar refractivity (Wildman–Crippen MR) is 95.8 cm³/mol. The molecule has 0 aliphatic heterocycles. The Balaban J connectivity index is 1.60. The Labute approximate surface area is 152 Å². The largest absolute Gasteiger partial charge is 0.345 e. The molecule has 0 radical (unpaired) electrons. The van der Waals surface area contributed by atoms with Crippen molar-refractivity contribution in [3.63, 3.8) is 0 Å². The third-order valence-electron chi connectivity index (χ3n) is 3.26. The van der Waals surface area contributed by atoms with Crippen molar-refractivity contribution in [1.29, 1.82) is 0 Å². The Kier molecular flexibility index (Phi) is 5.28. The number of thiazole rings is 1. The first-order chi connectivity index (χ1) is 12.5. The highest BCUT2D eigenvalue weighted by Crippen LogP contribution is 2.18. The molecule has 0 aliphatic rings. The van der Waals surface area contributed by atoms with Gasteiger partial charge in [0.2, 0.25) is 6.01 Å². The van der Waals surface area contributed by atoms with Crippen LogP contribution < -0.4 is 10.0 Å². The minimum absolute atomic E-state index is 0.0364. The Morgan fingerprint density at radius 1 is 1.27 bits per heavy atom. The van der Waals surface area contributed by atoms with Crippen LogP contribution in [0.2, 0.25) is 0 Å². The molecule has 0 saturated carbocycles. The van der Waals surface area contributed by atoms with E-state index in [4.69, 9.17) is 0 Å². The van der Waals surface area contributed by atoms with Crippen LogP contribution in [0.25, 0.3) is 11.3 Å². The first-order valence-electron chi connectivity index (χ1n) is 7.37. The summed E-state index contributed by atoms with van der Waals surface area (Å²) in [5.41, 5.74) is 2.44. The number of carbonyl (C=O) groups is 1. The molecule has 8 nitrogen and oxygen atoms in total. The topological polar surface area (TPSA) is 117 Å². The number of hydrogen-bond acceptors (Lipinski definition) is 6. The molecule has 3 N–H and O–H groups in total. The third-order valence-corrected chi connectivity index (χ3v) is 4.94. The maximum atomic E-state index is 12.3. The summed E-state index contributed by atoms with van der Waals surface area (Å²) in [5.74, 6) is -0.484. The van der Waals surface area contributed by atoms with Crippen LogP contribution in [0.4, 0.5) is 9.52 Å². The Hall–Kier alpha value is -2.79. The molecule has 0 fully saturated rings. The number of halogens is 1. The molecule has 2 heterocycles. The second-order valence-electron chi connectivity index (χ2n) is 5.19. The van der Waals surface area contributed by atoms with Crippen molar-refractivity contribution < 1.29 is 17.6 Å². The van der Waals surface area contributed by atoms with Gasteiger partial charge < -0.3 is 5.32 Å². The molecule has 0 aliphatic carbocycles. The fourth-order valence-electron chi connectivity index (χ4n) is 2.06. The summed E-state index contributed by atoms with van der Waals surface area (Å²) in [6.45, 7) is 0.196. The number of anilines is 1. The minimum atomic E-state index is -4.08. The zero-order valence-corrected chi connectivity index (χ0v) is 14.9. The zero-order chi connectivity index (χ0) is 18.6. The summed E-state index contributed by atoms with van der Waals surface area (Å²) < 4.78 is 36.5. The van der Waals surface area contributed by atoms with Gasteiger partial charge in [0.15, 0.2) is 5.13 Å². The van der Waals surface area contributed by atoms with Crippen molar-refractivity contribution in [2.75, 3.05) is 10.7 Å². The normalized spacial score (nSPS) is 11.3. The number of nitrogens with one attached hydrogen (secondary N) is 3. The maximum absolute atomic E-state index is 12.3. The number of rotatable bonds is 7. The van der Waals surface area contributed by atoms with Crippen molar-refractivity contribution in [2.24, 2.45) is 0 Å². The monoisotopic (exact) mass is 395 g/mol. The van der Waals surface area contributed by atoms with Gasteiger partial charge in [0.05, 0.1) is 17.9 Å². The van der Waals surface area contributed by atoms with Gasteiger partial charge in [-0.1, -0.05) is 30.3 Å². The molecule has 26 heavy (non-hydrogen) atoms. The molecular formula is C15H14FN5O3S2. The number of aromatic nitrogens is 3. The molecule has 3 aromatic rings. The number of sulfonamides is 1. The van der Waals surface area contributed by atoms with E-state index in [-0.39, 0.29) is 17.4 Å². The van der Waals surface area contributed by atoms with Crippen LogP contribution in [0, 0.1) is 0 Å². The van der Waals surface area contributed by atoms with Crippen molar-refractivity contribution >= 4 is 32.4 Å². The van der Waals surface area contributed by atoms with Crippen molar-refractivity contribution in [1.82, 2.24) is 20.5 Å². The van der Waals surface area contributed by atoms with Crippen molar-refractivity contribution in [3.8, 4) is 11.3 Å². The van der Waals surface area contributed by atoms with Crippen molar-refractivity contribution in [3.05, 3.63) is 53.2 Å². The lowest BCUT2D eigenvalue weighted by Gasteiger charge is -2.01. The summed E-state index contributed by atoms with van der Waals surface area (Å²) in [7, 11) is -4.08. The molecule has 11 heteroatoms. The predicted octanol–water partition coefficient (Wildman–Crippen LogP) is 2.13. The molecule has 0 bridgehead atoms. The fourth-order valence-corrected chi connectivity index (χ4v) is 3.53. The van der Waals surface area contributed by atoms with Gasteiger partial charge >= 0.3 is 0 Å². The summed E-state index contributed by atoms with van der Waals surface area (Å²) in [5, 5.41) is 11.0. The molecule has 1 aromatic carbocycles. The maximum Gasteiger partial charge on any atom is 0.271 e. The van der Waals surface area contributed by atoms with E-state index in [0.717, 1.165) is 22.6 Å². The van der Waals surface area contributed by atoms with E-state index >= 15 is 0 Å². The van der Waals surface area contributed by atoms with Crippen LogP contribution in [-0.2, 0) is 16.6 Å². The highest BCUT2D eigenvalue weighted by Gasteiger charge is 2.15. The van der Waals surface area contributed by atoms with Gasteiger partial charge in [-0.05, 0) is 6.07 Å². The highest BCUT2D eigenvalue weighted by molar-refractivity contribution is 7.92. The Morgan fingerprint density at radius 3 is 2.77 bits per heavy atom. The van der Waals surface area contributed by atoms with Crippen LogP contribution in [-0.4, -0.2) is 35.5 Å². The summed E-state index contributed by atoms with van der Waals surface area (Å²) in [6.07, 6.45) is 0. The number of aromatic amines is 1. The number of nitrogens with zero attached hydrogens (tertiary/aromatic N) is 2. The molecule has 0 spiro atoms. The van der Waals surface area contributed by atoms with E-state index in [0.29, 0.717) is 5.69 Å². The standard InChI is InChI=1S/C15H14FN5O3S2/c16-9-26(23,24)21-15-18-13(8-25-15)14(22)17-7-11-6-12(20-19-11)10-4-2-1-3-5-10/h1-6,8H,7,9H2,(H,17,22)(H,18,21)(H,19,20). The summed E-state index contributed by atoms with van der Waals surface area (Å²) >= 11 is 0.894. The SMILES string of the molecule is O=C(NCc1cc(-c2ccccc2)n[nH]1)c1csc(NS(=O)(=O)CF)n1. The molecule has 3 rings (SSSR count). The number of H-pyrrole nitrogens is 1. The Bertz CT molecular complexity index is 1000. The smallest absolute Gasteiger partial charge is 0.271 e. The lowest BCUT2D eigenvalue weighted by atomic mass is 10.1. The van der Waals surface area contributed by atoms with Gasteiger partial charge in [0.25, 0.3) is 15.9 Å². The fraction of sp³-hybridized carbons (Fsp3) is 0.133. The minimum Gasteiger partial charge on any atom is -0.345 e. The van der Waals surface area contributed by atoms with E-state index < -0.39 is 21.9 Å². The number of amides is 1. The number of carbonyl (C=O) groups excluding carboxylic acids is 1. The van der Waals surface area contributed by atoms with Gasteiger partial charge in [-0.2, -0.15) is 5.10 Å². The second kappa shape index (κ2) is 7.62. The van der Waals surface area contributed by atoms with Gasteiger partial charge in [-0.3, -0.25) is 14.6 Å². The van der Waals surface area contributed by atoms with Crippen LogP contribution >= 0.6 is 11.3 Å². The van der Waals surface area contributed by atoms with Crippen LogP contribution in [0.5, 0.6) is 0 Å². The lowest BCUT2D eigenvalue weighted by molar-refractivity contribution is 0.0946. The van der Waals surface area contributed by atoms with Crippen LogP contribution in [0.3, 0.4) is 0 Å².